The van der Waals surface area contributed by atoms with Crippen LogP contribution in [0, 0.1) is 0 Å². The second-order valence-electron chi connectivity index (χ2n) is 6.44. The highest BCUT2D eigenvalue weighted by atomic mass is 32.2. The third-order valence-corrected chi connectivity index (χ3v) is 6.82. The fourth-order valence-electron chi connectivity index (χ4n) is 3.35. The normalized spacial score (nSPS) is 13.5. The molecule has 0 radical (unpaired) electrons. The summed E-state index contributed by atoms with van der Waals surface area (Å²) in [6.07, 6.45) is 7.24. The number of aromatic nitrogens is 2. The minimum atomic E-state index is 0.0572. The van der Waals surface area contributed by atoms with Gasteiger partial charge in [-0.2, -0.15) is 0 Å². The van der Waals surface area contributed by atoms with E-state index in [1.165, 1.54) is 46.0 Å². The molecule has 1 aromatic carbocycles. The standard InChI is InChI=1S/C20H21N3OS2/c24-17(21-11-10-14-6-2-1-3-7-14)12-25-19-18-15-8-4-5-9-16(15)26-20(18)23-13-22-19/h1-3,6-7,13H,4-5,8-12H2,(H,21,24). The molecule has 3 aromatic rings. The lowest BCUT2D eigenvalue weighted by Crippen LogP contribution is -2.27. The summed E-state index contributed by atoms with van der Waals surface area (Å²) in [6, 6.07) is 10.2. The average molecular weight is 384 g/mol. The Morgan fingerprint density at radius 3 is 2.88 bits per heavy atom. The average Bonchev–Trinajstić information content (AvgIpc) is 3.06. The molecule has 2 aromatic heterocycles. The van der Waals surface area contributed by atoms with E-state index in [0.29, 0.717) is 12.3 Å². The van der Waals surface area contributed by atoms with Crippen molar-refractivity contribution in [1.82, 2.24) is 15.3 Å². The van der Waals surface area contributed by atoms with Crippen molar-refractivity contribution in [2.75, 3.05) is 12.3 Å². The predicted molar refractivity (Wildman–Crippen MR) is 108 cm³/mol. The highest BCUT2D eigenvalue weighted by Gasteiger charge is 2.20. The maximum absolute atomic E-state index is 12.2. The molecule has 2 heterocycles. The number of aryl methyl sites for hydroxylation is 2. The second kappa shape index (κ2) is 8.18. The van der Waals surface area contributed by atoms with E-state index in [0.717, 1.165) is 29.1 Å². The smallest absolute Gasteiger partial charge is 0.230 e. The van der Waals surface area contributed by atoms with Gasteiger partial charge >= 0.3 is 0 Å². The second-order valence-corrected chi connectivity index (χ2v) is 8.49. The quantitative estimate of drug-likeness (QED) is 0.516. The number of rotatable bonds is 6. The first-order valence-corrected chi connectivity index (χ1v) is 10.8. The molecule has 0 aliphatic heterocycles. The molecule has 1 amide bonds. The monoisotopic (exact) mass is 383 g/mol. The zero-order valence-electron chi connectivity index (χ0n) is 14.5. The maximum Gasteiger partial charge on any atom is 0.230 e. The predicted octanol–water partition coefficient (Wildman–Crippen LogP) is 4.02. The summed E-state index contributed by atoms with van der Waals surface area (Å²) in [5, 5.41) is 5.15. The zero-order valence-corrected chi connectivity index (χ0v) is 16.2. The number of carbonyl (C=O) groups is 1. The highest BCUT2D eigenvalue weighted by molar-refractivity contribution is 8.00. The zero-order chi connectivity index (χ0) is 17.8. The fraction of sp³-hybridized carbons (Fsp3) is 0.350. The van der Waals surface area contributed by atoms with Crippen LogP contribution < -0.4 is 5.32 Å². The Labute approximate surface area is 161 Å². The van der Waals surface area contributed by atoms with Crippen LogP contribution >= 0.6 is 23.1 Å². The van der Waals surface area contributed by atoms with Crippen LogP contribution in [0.4, 0.5) is 0 Å². The summed E-state index contributed by atoms with van der Waals surface area (Å²) in [5.74, 6) is 0.452. The lowest BCUT2D eigenvalue weighted by atomic mass is 9.97. The Hall–Kier alpha value is -1.92. The molecule has 4 rings (SSSR count). The van der Waals surface area contributed by atoms with Crippen LogP contribution in [-0.2, 0) is 24.1 Å². The van der Waals surface area contributed by atoms with Gasteiger partial charge in [-0.3, -0.25) is 4.79 Å². The largest absolute Gasteiger partial charge is 0.355 e. The Kier molecular flexibility index (Phi) is 5.51. The molecule has 0 spiro atoms. The van der Waals surface area contributed by atoms with E-state index in [2.05, 4.69) is 27.4 Å². The van der Waals surface area contributed by atoms with Crippen LogP contribution in [0.25, 0.3) is 10.2 Å². The van der Waals surface area contributed by atoms with Gasteiger partial charge in [-0.15, -0.1) is 11.3 Å². The Balaban J connectivity index is 1.37. The molecule has 26 heavy (non-hydrogen) atoms. The van der Waals surface area contributed by atoms with Gasteiger partial charge in [-0.25, -0.2) is 9.97 Å². The summed E-state index contributed by atoms with van der Waals surface area (Å²) < 4.78 is 0. The van der Waals surface area contributed by atoms with Crippen molar-refractivity contribution in [2.45, 2.75) is 37.1 Å². The number of hydrogen-bond acceptors (Lipinski definition) is 5. The van der Waals surface area contributed by atoms with E-state index in [1.54, 1.807) is 17.7 Å². The van der Waals surface area contributed by atoms with Crippen LogP contribution in [0.1, 0.15) is 28.8 Å². The molecule has 6 heteroatoms. The van der Waals surface area contributed by atoms with Crippen molar-refractivity contribution < 1.29 is 4.79 Å². The van der Waals surface area contributed by atoms with E-state index in [-0.39, 0.29) is 5.91 Å². The summed E-state index contributed by atoms with van der Waals surface area (Å²) in [7, 11) is 0. The van der Waals surface area contributed by atoms with E-state index in [9.17, 15) is 4.79 Å². The Morgan fingerprint density at radius 1 is 1.15 bits per heavy atom. The van der Waals surface area contributed by atoms with Gasteiger partial charge in [0.05, 0.1) is 5.75 Å². The van der Waals surface area contributed by atoms with Crippen LogP contribution in [-0.4, -0.2) is 28.2 Å². The van der Waals surface area contributed by atoms with Gasteiger partial charge in [0, 0.05) is 16.8 Å². The van der Waals surface area contributed by atoms with Gasteiger partial charge in [0.25, 0.3) is 0 Å². The highest BCUT2D eigenvalue weighted by Crippen LogP contribution is 2.39. The van der Waals surface area contributed by atoms with Crippen LogP contribution in [0.15, 0.2) is 41.7 Å². The molecule has 0 atom stereocenters. The molecular weight excluding hydrogens is 362 g/mol. The lowest BCUT2D eigenvalue weighted by molar-refractivity contribution is -0.118. The van der Waals surface area contributed by atoms with Crippen LogP contribution in [0.3, 0.4) is 0 Å². The number of amides is 1. The van der Waals surface area contributed by atoms with E-state index in [4.69, 9.17) is 0 Å². The van der Waals surface area contributed by atoms with Crippen LogP contribution in [0.2, 0.25) is 0 Å². The number of hydrogen-bond donors (Lipinski definition) is 1. The summed E-state index contributed by atoms with van der Waals surface area (Å²) in [4.78, 5) is 23.6. The van der Waals surface area contributed by atoms with E-state index in [1.807, 2.05) is 18.2 Å². The van der Waals surface area contributed by atoms with Crippen molar-refractivity contribution >= 4 is 39.2 Å². The lowest BCUT2D eigenvalue weighted by Gasteiger charge is -2.11. The topological polar surface area (TPSA) is 54.9 Å². The van der Waals surface area contributed by atoms with Gasteiger partial charge in [-0.05, 0) is 43.2 Å². The van der Waals surface area contributed by atoms with Gasteiger partial charge in [0.15, 0.2) is 0 Å². The molecule has 0 saturated carbocycles. The van der Waals surface area contributed by atoms with Crippen LogP contribution in [0.5, 0.6) is 0 Å². The number of carbonyl (C=O) groups excluding carboxylic acids is 1. The van der Waals surface area contributed by atoms with Crippen molar-refractivity contribution in [3.05, 3.63) is 52.7 Å². The maximum atomic E-state index is 12.2. The Bertz CT molecular complexity index is 908. The van der Waals surface area contributed by atoms with E-state index < -0.39 is 0 Å². The number of fused-ring (bicyclic) bond motifs is 3. The number of thiophene rings is 1. The van der Waals surface area contributed by atoms with Gasteiger partial charge < -0.3 is 5.32 Å². The first-order chi connectivity index (χ1) is 12.8. The van der Waals surface area contributed by atoms with Crippen molar-refractivity contribution in [2.24, 2.45) is 0 Å². The molecule has 1 N–H and O–H groups in total. The number of thioether (sulfide) groups is 1. The molecule has 0 fully saturated rings. The molecule has 134 valence electrons. The van der Waals surface area contributed by atoms with Crippen molar-refractivity contribution in [3.8, 4) is 0 Å². The summed E-state index contributed by atoms with van der Waals surface area (Å²) in [6.45, 7) is 0.663. The molecule has 1 aliphatic rings. The molecular formula is C20H21N3OS2. The molecule has 0 bridgehead atoms. The van der Waals surface area contributed by atoms with Gasteiger partial charge in [-0.1, -0.05) is 42.1 Å². The molecule has 4 nitrogen and oxygen atoms in total. The van der Waals surface area contributed by atoms with Crippen molar-refractivity contribution in [3.63, 3.8) is 0 Å². The van der Waals surface area contributed by atoms with Gasteiger partial charge in [0.2, 0.25) is 5.91 Å². The van der Waals surface area contributed by atoms with Crippen molar-refractivity contribution in [1.29, 1.82) is 0 Å². The van der Waals surface area contributed by atoms with E-state index >= 15 is 0 Å². The third kappa shape index (κ3) is 3.91. The Morgan fingerprint density at radius 2 is 2.00 bits per heavy atom. The minimum absolute atomic E-state index is 0.0572. The number of nitrogens with one attached hydrogen (secondary N) is 1. The minimum Gasteiger partial charge on any atom is -0.355 e. The molecule has 1 aliphatic carbocycles. The number of benzene rings is 1. The fourth-order valence-corrected chi connectivity index (χ4v) is 5.50. The first kappa shape index (κ1) is 17.5. The number of nitrogens with zero attached hydrogens (tertiary/aromatic N) is 2. The molecule has 0 saturated heterocycles. The summed E-state index contributed by atoms with van der Waals surface area (Å²) >= 11 is 3.32. The molecule has 0 unspecified atom stereocenters. The third-order valence-electron chi connectivity index (χ3n) is 4.64. The van der Waals surface area contributed by atoms with Gasteiger partial charge in [0.1, 0.15) is 16.2 Å². The SMILES string of the molecule is O=C(CSc1ncnc2sc3c(c12)CCCC3)NCCc1ccccc1. The summed E-state index contributed by atoms with van der Waals surface area (Å²) in [5.41, 5.74) is 2.66. The first-order valence-electron chi connectivity index (χ1n) is 9.00.